The summed E-state index contributed by atoms with van der Waals surface area (Å²) in [7, 11) is 0. The SMILES string of the molecule is C=CCn1cnnc1S[C@H](C)C(=O)NCc1ccc(Cl)cc1. The summed E-state index contributed by atoms with van der Waals surface area (Å²) in [6.45, 7) is 6.62. The Morgan fingerprint density at radius 3 is 2.91 bits per heavy atom. The third-order valence-electron chi connectivity index (χ3n) is 2.94. The molecule has 5 nitrogen and oxygen atoms in total. The Balaban J connectivity index is 1.87. The van der Waals surface area contributed by atoms with Crippen molar-refractivity contribution in [2.75, 3.05) is 0 Å². The van der Waals surface area contributed by atoms with Crippen molar-refractivity contribution in [1.82, 2.24) is 20.1 Å². The van der Waals surface area contributed by atoms with Gasteiger partial charge >= 0.3 is 0 Å². The predicted molar refractivity (Wildman–Crippen MR) is 88.8 cm³/mol. The average Bonchev–Trinajstić information content (AvgIpc) is 2.94. The van der Waals surface area contributed by atoms with E-state index in [4.69, 9.17) is 11.6 Å². The van der Waals surface area contributed by atoms with Crippen molar-refractivity contribution in [2.24, 2.45) is 0 Å². The molecule has 0 aliphatic rings. The fourth-order valence-corrected chi connectivity index (χ4v) is 2.73. The minimum absolute atomic E-state index is 0.0481. The van der Waals surface area contributed by atoms with Crippen molar-refractivity contribution in [3.63, 3.8) is 0 Å². The van der Waals surface area contributed by atoms with Gasteiger partial charge in [0.05, 0.1) is 5.25 Å². The molecule has 0 radical (unpaired) electrons. The topological polar surface area (TPSA) is 59.8 Å². The first-order valence-corrected chi connectivity index (χ1v) is 8.03. The van der Waals surface area contributed by atoms with E-state index in [2.05, 4.69) is 22.1 Å². The molecule has 1 amide bonds. The summed E-state index contributed by atoms with van der Waals surface area (Å²) in [5.41, 5.74) is 1.00. The lowest BCUT2D eigenvalue weighted by molar-refractivity contribution is -0.120. The molecular formula is C15H17ClN4OS. The summed E-state index contributed by atoms with van der Waals surface area (Å²) < 4.78 is 1.85. The van der Waals surface area contributed by atoms with Gasteiger partial charge in [0, 0.05) is 18.1 Å². The Bertz CT molecular complexity index is 641. The molecule has 1 aromatic heterocycles. The number of amides is 1. The number of nitrogens with zero attached hydrogens (tertiary/aromatic N) is 3. The van der Waals surface area contributed by atoms with Crippen LogP contribution in [0.1, 0.15) is 12.5 Å². The summed E-state index contributed by atoms with van der Waals surface area (Å²) in [6, 6.07) is 7.39. The number of hydrogen-bond acceptors (Lipinski definition) is 4. The Labute approximate surface area is 138 Å². The maximum absolute atomic E-state index is 12.1. The Hall–Kier alpha value is -1.79. The van der Waals surface area contributed by atoms with Crippen molar-refractivity contribution in [1.29, 1.82) is 0 Å². The number of nitrogens with one attached hydrogen (secondary N) is 1. The fourth-order valence-electron chi connectivity index (χ4n) is 1.75. The normalized spacial score (nSPS) is 11.9. The van der Waals surface area contributed by atoms with Crippen LogP contribution in [0.4, 0.5) is 0 Å². The Morgan fingerprint density at radius 1 is 1.50 bits per heavy atom. The van der Waals surface area contributed by atoms with E-state index in [9.17, 15) is 4.79 Å². The monoisotopic (exact) mass is 336 g/mol. The van der Waals surface area contributed by atoms with Crippen LogP contribution in [-0.4, -0.2) is 25.9 Å². The van der Waals surface area contributed by atoms with Crippen molar-refractivity contribution >= 4 is 29.3 Å². The van der Waals surface area contributed by atoms with Gasteiger partial charge in [0.15, 0.2) is 5.16 Å². The van der Waals surface area contributed by atoms with Gasteiger partial charge in [0.1, 0.15) is 6.33 Å². The van der Waals surface area contributed by atoms with Crippen molar-refractivity contribution < 1.29 is 4.79 Å². The molecule has 1 atom stereocenters. The molecule has 1 N–H and O–H groups in total. The number of hydrogen-bond donors (Lipinski definition) is 1. The van der Waals surface area contributed by atoms with E-state index < -0.39 is 0 Å². The molecule has 0 saturated heterocycles. The standard InChI is InChI=1S/C15H17ClN4OS/c1-3-8-20-10-18-19-15(20)22-11(2)14(21)17-9-12-4-6-13(16)7-5-12/h3-7,10-11H,1,8-9H2,2H3,(H,17,21)/t11-/m1/s1. The quantitative estimate of drug-likeness (QED) is 0.624. The molecule has 22 heavy (non-hydrogen) atoms. The van der Waals surface area contributed by atoms with E-state index in [-0.39, 0.29) is 11.2 Å². The predicted octanol–water partition coefficient (Wildman–Crippen LogP) is 2.91. The second-order valence-corrected chi connectivity index (χ2v) is 6.40. The molecule has 2 rings (SSSR count). The molecule has 0 bridgehead atoms. The summed E-state index contributed by atoms with van der Waals surface area (Å²) in [6.07, 6.45) is 3.39. The smallest absolute Gasteiger partial charge is 0.233 e. The highest BCUT2D eigenvalue weighted by molar-refractivity contribution is 8.00. The highest BCUT2D eigenvalue weighted by atomic mass is 35.5. The third-order valence-corrected chi connectivity index (χ3v) is 4.28. The van der Waals surface area contributed by atoms with Gasteiger partial charge in [-0.25, -0.2) is 0 Å². The highest BCUT2D eigenvalue weighted by Gasteiger charge is 2.17. The molecule has 1 heterocycles. The van der Waals surface area contributed by atoms with Gasteiger partial charge in [-0.15, -0.1) is 16.8 Å². The molecule has 0 fully saturated rings. The van der Waals surface area contributed by atoms with Crippen LogP contribution in [0, 0.1) is 0 Å². The lowest BCUT2D eigenvalue weighted by Gasteiger charge is -2.12. The number of carbonyl (C=O) groups is 1. The summed E-state index contributed by atoms with van der Waals surface area (Å²) in [5.74, 6) is -0.0481. The number of halogens is 1. The fraction of sp³-hybridized carbons (Fsp3) is 0.267. The van der Waals surface area contributed by atoms with Gasteiger partial charge in [-0.05, 0) is 24.6 Å². The molecular weight excluding hydrogens is 320 g/mol. The Morgan fingerprint density at radius 2 is 2.23 bits per heavy atom. The number of aromatic nitrogens is 3. The summed E-state index contributed by atoms with van der Waals surface area (Å²) >= 11 is 7.20. The lowest BCUT2D eigenvalue weighted by Crippen LogP contribution is -2.30. The number of thioether (sulfide) groups is 1. The van der Waals surface area contributed by atoms with Crippen LogP contribution in [-0.2, 0) is 17.9 Å². The van der Waals surface area contributed by atoms with Gasteiger partial charge in [0.2, 0.25) is 5.91 Å². The van der Waals surface area contributed by atoms with Crippen LogP contribution in [0.25, 0.3) is 0 Å². The molecule has 1 aromatic carbocycles. The first kappa shape index (κ1) is 16.6. The Kier molecular flexibility index (Phi) is 6.03. The number of allylic oxidation sites excluding steroid dienone is 1. The minimum Gasteiger partial charge on any atom is -0.351 e. The van der Waals surface area contributed by atoms with Gasteiger partial charge in [-0.2, -0.15) is 0 Å². The molecule has 0 aliphatic carbocycles. The van der Waals surface area contributed by atoms with E-state index in [1.807, 2.05) is 23.6 Å². The van der Waals surface area contributed by atoms with Crippen LogP contribution in [0.3, 0.4) is 0 Å². The first-order chi connectivity index (χ1) is 10.6. The molecule has 0 unspecified atom stereocenters. The number of rotatable bonds is 7. The van der Waals surface area contributed by atoms with Crippen molar-refractivity contribution in [3.05, 3.63) is 53.8 Å². The largest absolute Gasteiger partial charge is 0.351 e. The van der Waals surface area contributed by atoms with E-state index >= 15 is 0 Å². The second kappa shape index (κ2) is 8.00. The van der Waals surface area contributed by atoms with E-state index in [1.165, 1.54) is 11.8 Å². The number of benzene rings is 1. The van der Waals surface area contributed by atoms with Crippen molar-refractivity contribution in [3.8, 4) is 0 Å². The first-order valence-electron chi connectivity index (χ1n) is 6.77. The van der Waals surface area contributed by atoms with Crippen molar-refractivity contribution in [2.45, 2.75) is 30.4 Å². The zero-order valence-electron chi connectivity index (χ0n) is 12.2. The number of carbonyl (C=O) groups excluding carboxylic acids is 1. The maximum atomic E-state index is 12.1. The molecule has 0 saturated carbocycles. The molecule has 0 aliphatic heterocycles. The zero-order chi connectivity index (χ0) is 15.9. The zero-order valence-corrected chi connectivity index (χ0v) is 13.8. The van der Waals surface area contributed by atoms with Gasteiger partial charge in [-0.3, -0.25) is 4.79 Å². The third kappa shape index (κ3) is 4.61. The highest BCUT2D eigenvalue weighted by Crippen LogP contribution is 2.21. The van der Waals surface area contributed by atoms with Crippen LogP contribution >= 0.6 is 23.4 Å². The van der Waals surface area contributed by atoms with E-state index in [0.29, 0.717) is 23.3 Å². The van der Waals surface area contributed by atoms with Gasteiger partial charge in [0.25, 0.3) is 0 Å². The van der Waals surface area contributed by atoms with Crippen LogP contribution in [0.15, 0.2) is 48.4 Å². The van der Waals surface area contributed by atoms with Crippen LogP contribution < -0.4 is 5.32 Å². The van der Waals surface area contributed by atoms with E-state index in [0.717, 1.165) is 5.56 Å². The molecule has 0 spiro atoms. The lowest BCUT2D eigenvalue weighted by atomic mass is 10.2. The van der Waals surface area contributed by atoms with Gasteiger partial charge in [-0.1, -0.05) is 41.6 Å². The summed E-state index contributed by atoms with van der Waals surface area (Å²) in [5, 5.41) is 11.9. The van der Waals surface area contributed by atoms with Gasteiger partial charge < -0.3 is 9.88 Å². The van der Waals surface area contributed by atoms with Crippen LogP contribution in [0.2, 0.25) is 5.02 Å². The van der Waals surface area contributed by atoms with E-state index in [1.54, 1.807) is 24.5 Å². The summed E-state index contributed by atoms with van der Waals surface area (Å²) in [4.78, 5) is 12.1. The minimum atomic E-state index is -0.264. The second-order valence-electron chi connectivity index (χ2n) is 4.66. The average molecular weight is 337 g/mol. The molecule has 7 heteroatoms. The molecule has 2 aromatic rings. The maximum Gasteiger partial charge on any atom is 0.233 e. The molecule has 116 valence electrons. The van der Waals surface area contributed by atoms with Crippen LogP contribution in [0.5, 0.6) is 0 Å².